The lowest BCUT2D eigenvalue weighted by Crippen LogP contribution is -2.35. The average molecular weight is 227 g/mol. The van der Waals surface area contributed by atoms with Gasteiger partial charge in [-0.05, 0) is 13.8 Å². The average Bonchev–Trinajstić information content (AvgIpc) is 2.47. The maximum atomic E-state index is 9.91. The number of carboxylic acids is 1. The van der Waals surface area contributed by atoms with Crippen LogP contribution in [-0.2, 0) is 4.79 Å². The van der Waals surface area contributed by atoms with E-state index >= 15 is 0 Å². The molecule has 0 radical (unpaired) electrons. The van der Waals surface area contributed by atoms with Crippen LogP contribution in [0.5, 0.6) is 0 Å². The first kappa shape index (κ1) is 14.8. The molecule has 1 atom stereocenters. The van der Waals surface area contributed by atoms with Crippen molar-refractivity contribution >= 4 is 5.97 Å². The Bertz CT molecular complexity index is 256. The minimum absolute atomic E-state index is 0.551. The number of rotatable bonds is 1. The summed E-state index contributed by atoms with van der Waals surface area (Å²) >= 11 is 0. The molecule has 0 aliphatic carbocycles. The fourth-order valence-corrected chi connectivity index (χ4v) is 1.04. The zero-order valence-electron chi connectivity index (χ0n) is 11.2. The lowest BCUT2D eigenvalue weighted by Gasteiger charge is -2.25. The Morgan fingerprint density at radius 1 is 1.38 bits per heavy atom. The molecule has 0 aromatic rings. The van der Waals surface area contributed by atoms with Crippen LogP contribution in [0.2, 0.25) is 0 Å². The normalized spacial score (nSPS) is 19.5. The molecule has 1 rings (SSSR count). The summed E-state index contributed by atoms with van der Waals surface area (Å²) in [4.78, 5) is 14.4. The van der Waals surface area contributed by atoms with Crippen LogP contribution in [0, 0.1) is 5.41 Å². The number of hydrogen-bond acceptors (Lipinski definition) is 4. The molecule has 0 saturated heterocycles. The summed E-state index contributed by atoms with van der Waals surface area (Å²) in [5.41, 5.74) is -0.694. The van der Waals surface area contributed by atoms with E-state index in [1.165, 1.54) is 0 Å². The molecule has 4 nitrogen and oxygen atoms in total. The lowest BCUT2D eigenvalue weighted by atomic mass is 9.98. The first-order valence-corrected chi connectivity index (χ1v) is 5.57. The number of carbonyl (C=O) groups is 1. The van der Waals surface area contributed by atoms with Gasteiger partial charge < -0.3 is 19.7 Å². The zero-order valence-corrected chi connectivity index (χ0v) is 11.2. The Kier molecular flexibility index (Phi) is 5.35. The highest BCUT2D eigenvalue weighted by atomic mass is 16.4. The van der Waals surface area contributed by atoms with Gasteiger partial charge in [0.05, 0.1) is 6.17 Å². The topological polar surface area (TPSA) is 46.6 Å². The molecule has 0 saturated carbocycles. The number of hydrogen-bond donors (Lipinski definition) is 0. The second-order valence-corrected chi connectivity index (χ2v) is 4.96. The van der Waals surface area contributed by atoms with Crippen molar-refractivity contribution in [3.63, 3.8) is 0 Å². The van der Waals surface area contributed by atoms with E-state index in [9.17, 15) is 9.90 Å². The van der Waals surface area contributed by atoms with Gasteiger partial charge in [0, 0.05) is 37.4 Å². The van der Waals surface area contributed by atoms with Gasteiger partial charge in [-0.2, -0.15) is 0 Å². The van der Waals surface area contributed by atoms with Crippen LogP contribution in [0.3, 0.4) is 0 Å². The summed E-state index contributed by atoms with van der Waals surface area (Å²) in [6.45, 7) is 10.3. The Balaban J connectivity index is 0.000000293. The van der Waals surface area contributed by atoms with Crippen LogP contribution in [0.1, 0.15) is 34.6 Å². The maximum Gasteiger partial charge on any atom is 0.0974 e. The van der Waals surface area contributed by atoms with Crippen LogP contribution in [0.25, 0.3) is 0 Å². The van der Waals surface area contributed by atoms with Crippen molar-refractivity contribution in [2.75, 3.05) is 13.6 Å². The molecule has 0 aromatic carbocycles. The van der Waals surface area contributed by atoms with Gasteiger partial charge in [-0.15, -0.1) is 0 Å². The molecule has 0 N–H and O–H groups in total. The first-order chi connectivity index (χ1) is 7.20. The molecule has 16 heavy (non-hydrogen) atoms. The van der Waals surface area contributed by atoms with E-state index in [-0.39, 0.29) is 0 Å². The van der Waals surface area contributed by atoms with Gasteiger partial charge in [-0.25, -0.2) is 0 Å². The fraction of sp³-hybridized carbons (Fsp3) is 0.750. The molecule has 0 aromatic heterocycles. The predicted molar refractivity (Wildman–Crippen MR) is 63.2 cm³/mol. The van der Waals surface area contributed by atoms with Crippen LogP contribution in [0.15, 0.2) is 12.4 Å². The summed E-state index contributed by atoms with van der Waals surface area (Å²) < 4.78 is 0. The maximum absolute atomic E-state index is 9.91. The van der Waals surface area contributed by atoms with Gasteiger partial charge in [0.1, 0.15) is 0 Å². The SMILES string of the molecule is CC(C)(C)C(=O)[O-].CCN1C=CN(C)C1C. The number of carboxylic acid groups (broad SMARTS) is 1. The third kappa shape index (κ3) is 4.55. The molecule has 1 heterocycles. The van der Waals surface area contributed by atoms with E-state index in [1.807, 2.05) is 0 Å². The van der Waals surface area contributed by atoms with Gasteiger partial charge >= 0.3 is 0 Å². The summed E-state index contributed by atoms with van der Waals surface area (Å²) in [7, 11) is 2.09. The molecule has 94 valence electrons. The summed E-state index contributed by atoms with van der Waals surface area (Å²) in [5.74, 6) is -1.01. The number of aliphatic carboxylic acids is 1. The largest absolute Gasteiger partial charge is 0.550 e. The lowest BCUT2D eigenvalue weighted by molar-refractivity contribution is -0.316. The van der Waals surface area contributed by atoms with Crippen LogP contribution < -0.4 is 5.11 Å². The smallest absolute Gasteiger partial charge is 0.0974 e. The third-order valence-corrected chi connectivity index (χ3v) is 2.54. The molecule has 0 bridgehead atoms. The van der Waals surface area contributed by atoms with E-state index in [0.29, 0.717) is 6.17 Å². The third-order valence-electron chi connectivity index (χ3n) is 2.54. The van der Waals surface area contributed by atoms with Crippen molar-refractivity contribution in [3.8, 4) is 0 Å². The van der Waals surface area contributed by atoms with E-state index in [0.717, 1.165) is 6.54 Å². The molecule has 1 aliphatic heterocycles. The minimum Gasteiger partial charge on any atom is -0.550 e. The van der Waals surface area contributed by atoms with Crippen molar-refractivity contribution < 1.29 is 9.90 Å². The van der Waals surface area contributed by atoms with Crippen LogP contribution in [-0.4, -0.2) is 35.5 Å². The van der Waals surface area contributed by atoms with Crippen molar-refractivity contribution in [2.45, 2.75) is 40.8 Å². The van der Waals surface area contributed by atoms with Crippen molar-refractivity contribution in [1.82, 2.24) is 9.80 Å². The second kappa shape index (κ2) is 5.77. The summed E-state index contributed by atoms with van der Waals surface area (Å²) in [5, 5.41) is 9.91. The molecule has 0 spiro atoms. The summed E-state index contributed by atoms with van der Waals surface area (Å²) in [6.07, 6.45) is 4.79. The van der Waals surface area contributed by atoms with Crippen molar-refractivity contribution in [1.29, 1.82) is 0 Å². The Hall–Kier alpha value is -1.19. The summed E-state index contributed by atoms with van der Waals surface area (Å²) in [6, 6.07) is 0. The Labute approximate surface area is 98.5 Å². The van der Waals surface area contributed by atoms with E-state index < -0.39 is 11.4 Å². The first-order valence-electron chi connectivity index (χ1n) is 5.57. The molecule has 0 amide bonds. The standard InChI is InChI=1S/C7H14N2.C5H10O2/c1-4-9-6-5-8(3)7(9)2;1-5(2,3)4(6)7/h5-7H,4H2,1-3H3;1-3H3,(H,6,7)/p-1. The second-order valence-electron chi connectivity index (χ2n) is 4.96. The molecular formula is C12H23N2O2-. The van der Waals surface area contributed by atoms with Gasteiger partial charge in [0.15, 0.2) is 0 Å². The quantitative estimate of drug-likeness (QED) is 0.666. The van der Waals surface area contributed by atoms with Crippen molar-refractivity contribution in [2.24, 2.45) is 5.41 Å². The van der Waals surface area contributed by atoms with Gasteiger partial charge in [0.25, 0.3) is 0 Å². The van der Waals surface area contributed by atoms with Crippen molar-refractivity contribution in [3.05, 3.63) is 12.4 Å². The predicted octanol–water partition coefficient (Wildman–Crippen LogP) is 0.853. The Morgan fingerprint density at radius 3 is 1.94 bits per heavy atom. The van der Waals surface area contributed by atoms with Crippen LogP contribution in [0.4, 0.5) is 0 Å². The molecular weight excluding hydrogens is 204 g/mol. The molecule has 1 unspecified atom stereocenters. The highest BCUT2D eigenvalue weighted by Gasteiger charge is 2.15. The number of nitrogens with zero attached hydrogens (tertiary/aromatic N) is 2. The molecule has 0 fully saturated rings. The molecule has 4 heteroatoms. The monoisotopic (exact) mass is 227 g/mol. The van der Waals surface area contributed by atoms with Gasteiger partial charge in [-0.3, -0.25) is 0 Å². The van der Waals surface area contributed by atoms with E-state index in [4.69, 9.17) is 0 Å². The number of carbonyl (C=O) groups excluding carboxylic acids is 1. The highest BCUT2D eigenvalue weighted by Crippen LogP contribution is 2.11. The van der Waals surface area contributed by atoms with Crippen LogP contribution >= 0.6 is 0 Å². The highest BCUT2D eigenvalue weighted by molar-refractivity contribution is 5.70. The zero-order chi connectivity index (χ0) is 12.9. The van der Waals surface area contributed by atoms with Gasteiger partial charge in [0.2, 0.25) is 0 Å². The minimum atomic E-state index is -1.01. The van der Waals surface area contributed by atoms with E-state index in [2.05, 4.69) is 43.1 Å². The Morgan fingerprint density at radius 2 is 1.81 bits per heavy atom. The fourth-order valence-electron chi connectivity index (χ4n) is 1.04. The van der Waals surface area contributed by atoms with E-state index in [1.54, 1.807) is 20.8 Å². The molecule has 1 aliphatic rings. The van der Waals surface area contributed by atoms with Gasteiger partial charge in [-0.1, -0.05) is 20.8 Å².